The van der Waals surface area contributed by atoms with Crippen molar-refractivity contribution < 1.29 is 4.79 Å². The first-order valence-electron chi connectivity index (χ1n) is 10.6. The van der Waals surface area contributed by atoms with E-state index in [0.29, 0.717) is 5.56 Å². The molecule has 1 amide bonds. The van der Waals surface area contributed by atoms with Crippen LogP contribution in [0.25, 0.3) is 17.0 Å². The van der Waals surface area contributed by atoms with E-state index in [1.165, 1.54) is 11.3 Å². The van der Waals surface area contributed by atoms with E-state index in [9.17, 15) is 4.79 Å². The van der Waals surface area contributed by atoms with Gasteiger partial charge in [-0.2, -0.15) is 0 Å². The Hall–Kier alpha value is -3.97. The molecule has 0 aliphatic rings. The molecule has 0 radical (unpaired) electrons. The van der Waals surface area contributed by atoms with Crippen LogP contribution < -0.4 is 10.6 Å². The maximum Gasteiger partial charge on any atom is 0.255 e. The SMILES string of the molecule is Cc1ccccc1NC(=O)c1ccc(Nc2nc(-c3c(C)nc4cccc(C)n34)cs2)cc1. The fourth-order valence-electron chi connectivity index (χ4n) is 3.84. The van der Waals surface area contributed by atoms with Gasteiger partial charge in [0.05, 0.1) is 11.4 Å². The Kier molecular flexibility index (Phi) is 5.40. The molecule has 3 heterocycles. The summed E-state index contributed by atoms with van der Waals surface area (Å²) >= 11 is 1.54. The van der Waals surface area contributed by atoms with E-state index in [4.69, 9.17) is 4.98 Å². The minimum Gasteiger partial charge on any atom is -0.332 e. The number of carbonyl (C=O) groups is 1. The molecule has 2 aromatic carbocycles. The van der Waals surface area contributed by atoms with E-state index in [2.05, 4.69) is 33.0 Å². The number of hydrogen-bond donors (Lipinski definition) is 2. The first-order chi connectivity index (χ1) is 16.0. The van der Waals surface area contributed by atoms with Gasteiger partial charge in [-0.3, -0.25) is 9.20 Å². The lowest BCUT2D eigenvalue weighted by molar-refractivity contribution is 0.102. The van der Waals surface area contributed by atoms with Gasteiger partial charge in [0, 0.05) is 28.0 Å². The molecule has 0 saturated heterocycles. The number of thiazole rings is 1. The predicted octanol–water partition coefficient (Wildman–Crippen LogP) is 6.38. The summed E-state index contributed by atoms with van der Waals surface area (Å²) in [6, 6.07) is 21.2. The zero-order valence-corrected chi connectivity index (χ0v) is 19.4. The average molecular weight is 454 g/mol. The number of nitrogens with one attached hydrogen (secondary N) is 2. The van der Waals surface area contributed by atoms with Gasteiger partial charge < -0.3 is 10.6 Å². The molecule has 3 aromatic heterocycles. The van der Waals surface area contributed by atoms with Crippen LogP contribution >= 0.6 is 11.3 Å². The van der Waals surface area contributed by atoms with Crippen molar-refractivity contribution in [2.45, 2.75) is 20.8 Å². The van der Waals surface area contributed by atoms with Crippen molar-refractivity contribution in [3.05, 3.63) is 94.6 Å². The minimum absolute atomic E-state index is 0.133. The molecule has 0 fully saturated rings. The summed E-state index contributed by atoms with van der Waals surface area (Å²) in [5.41, 5.74) is 8.19. The van der Waals surface area contributed by atoms with Crippen molar-refractivity contribution in [3.63, 3.8) is 0 Å². The van der Waals surface area contributed by atoms with Gasteiger partial charge in [-0.1, -0.05) is 24.3 Å². The van der Waals surface area contributed by atoms with Crippen LogP contribution in [-0.4, -0.2) is 20.3 Å². The molecular weight excluding hydrogens is 430 g/mol. The first kappa shape index (κ1) is 20.9. The Labute approximate surface area is 196 Å². The number of pyridine rings is 1. The number of para-hydroxylation sites is 1. The molecule has 5 aromatic rings. The van der Waals surface area contributed by atoms with E-state index in [1.54, 1.807) is 0 Å². The van der Waals surface area contributed by atoms with E-state index in [1.807, 2.05) is 79.9 Å². The van der Waals surface area contributed by atoms with Crippen LogP contribution in [-0.2, 0) is 0 Å². The third kappa shape index (κ3) is 4.10. The molecule has 0 spiro atoms. The smallest absolute Gasteiger partial charge is 0.255 e. The Bertz CT molecular complexity index is 1470. The summed E-state index contributed by atoms with van der Waals surface area (Å²) in [4.78, 5) is 22.1. The van der Waals surface area contributed by atoms with Crippen molar-refractivity contribution in [1.29, 1.82) is 0 Å². The van der Waals surface area contributed by atoms with Crippen molar-refractivity contribution >= 4 is 39.4 Å². The van der Waals surface area contributed by atoms with Crippen LogP contribution in [0.5, 0.6) is 0 Å². The first-order valence-corrected chi connectivity index (χ1v) is 11.5. The molecular formula is C26H23N5OS. The Morgan fingerprint density at radius 2 is 1.70 bits per heavy atom. The van der Waals surface area contributed by atoms with Crippen molar-refractivity contribution in [3.8, 4) is 11.4 Å². The molecule has 33 heavy (non-hydrogen) atoms. The van der Waals surface area contributed by atoms with Gasteiger partial charge in [0.2, 0.25) is 0 Å². The minimum atomic E-state index is -0.133. The number of rotatable bonds is 5. The second kappa shape index (κ2) is 8.52. The maximum atomic E-state index is 12.6. The molecule has 0 bridgehead atoms. The Morgan fingerprint density at radius 3 is 2.48 bits per heavy atom. The molecule has 0 aliphatic heterocycles. The van der Waals surface area contributed by atoms with Gasteiger partial charge in [-0.05, 0) is 68.8 Å². The largest absolute Gasteiger partial charge is 0.332 e. The van der Waals surface area contributed by atoms with Crippen LogP contribution in [0.2, 0.25) is 0 Å². The van der Waals surface area contributed by atoms with Gasteiger partial charge in [0.15, 0.2) is 5.13 Å². The number of carbonyl (C=O) groups excluding carboxylic acids is 1. The van der Waals surface area contributed by atoms with Crippen LogP contribution in [0.15, 0.2) is 72.1 Å². The van der Waals surface area contributed by atoms with Gasteiger partial charge in [-0.25, -0.2) is 9.97 Å². The van der Waals surface area contributed by atoms with E-state index in [0.717, 1.165) is 50.5 Å². The Balaban J connectivity index is 1.33. The summed E-state index contributed by atoms with van der Waals surface area (Å²) in [6.45, 7) is 6.05. The third-order valence-corrected chi connectivity index (χ3v) is 6.31. The van der Waals surface area contributed by atoms with E-state index < -0.39 is 0 Å². The second-order valence-electron chi connectivity index (χ2n) is 7.92. The van der Waals surface area contributed by atoms with Crippen LogP contribution in [0.4, 0.5) is 16.5 Å². The van der Waals surface area contributed by atoms with E-state index in [-0.39, 0.29) is 5.91 Å². The zero-order valence-electron chi connectivity index (χ0n) is 18.6. The summed E-state index contributed by atoms with van der Waals surface area (Å²) in [6.07, 6.45) is 0. The van der Waals surface area contributed by atoms with Crippen LogP contribution in [0, 0.1) is 20.8 Å². The molecule has 164 valence electrons. The topological polar surface area (TPSA) is 71.3 Å². The highest BCUT2D eigenvalue weighted by molar-refractivity contribution is 7.14. The monoisotopic (exact) mass is 453 g/mol. The molecule has 5 rings (SSSR count). The number of aryl methyl sites for hydroxylation is 3. The van der Waals surface area contributed by atoms with Crippen molar-refractivity contribution in [2.75, 3.05) is 10.6 Å². The lowest BCUT2D eigenvalue weighted by atomic mass is 10.1. The van der Waals surface area contributed by atoms with Crippen molar-refractivity contribution in [2.24, 2.45) is 0 Å². The zero-order chi connectivity index (χ0) is 22.9. The average Bonchev–Trinajstić information content (AvgIpc) is 3.39. The van der Waals surface area contributed by atoms with Gasteiger partial charge in [0.1, 0.15) is 11.3 Å². The summed E-state index contributed by atoms with van der Waals surface area (Å²) in [7, 11) is 0. The second-order valence-corrected chi connectivity index (χ2v) is 8.77. The molecule has 2 N–H and O–H groups in total. The number of hydrogen-bond acceptors (Lipinski definition) is 5. The predicted molar refractivity (Wildman–Crippen MR) is 135 cm³/mol. The molecule has 0 saturated carbocycles. The summed E-state index contributed by atoms with van der Waals surface area (Å²) < 4.78 is 2.13. The number of imidazole rings is 1. The quantitative estimate of drug-likeness (QED) is 0.324. The number of nitrogens with zero attached hydrogens (tertiary/aromatic N) is 3. The van der Waals surface area contributed by atoms with Gasteiger partial charge >= 0.3 is 0 Å². The molecule has 0 atom stereocenters. The highest BCUT2D eigenvalue weighted by Gasteiger charge is 2.15. The molecule has 0 aliphatic carbocycles. The van der Waals surface area contributed by atoms with Crippen LogP contribution in [0.1, 0.15) is 27.3 Å². The number of amides is 1. The lowest BCUT2D eigenvalue weighted by Gasteiger charge is -2.09. The summed E-state index contributed by atoms with van der Waals surface area (Å²) in [5, 5.41) is 9.12. The van der Waals surface area contributed by atoms with Gasteiger partial charge in [0.25, 0.3) is 5.91 Å². The number of aromatic nitrogens is 3. The Morgan fingerprint density at radius 1 is 0.909 bits per heavy atom. The lowest BCUT2D eigenvalue weighted by Crippen LogP contribution is -2.12. The van der Waals surface area contributed by atoms with Crippen molar-refractivity contribution in [1.82, 2.24) is 14.4 Å². The highest BCUT2D eigenvalue weighted by Crippen LogP contribution is 2.30. The third-order valence-electron chi connectivity index (χ3n) is 5.55. The fraction of sp³-hybridized carbons (Fsp3) is 0.115. The fourth-order valence-corrected chi connectivity index (χ4v) is 4.56. The molecule has 6 nitrogen and oxygen atoms in total. The number of benzene rings is 2. The molecule has 7 heteroatoms. The maximum absolute atomic E-state index is 12.6. The number of fused-ring (bicyclic) bond motifs is 1. The summed E-state index contributed by atoms with van der Waals surface area (Å²) in [5.74, 6) is -0.133. The van der Waals surface area contributed by atoms with Gasteiger partial charge in [-0.15, -0.1) is 11.3 Å². The van der Waals surface area contributed by atoms with E-state index >= 15 is 0 Å². The van der Waals surface area contributed by atoms with Crippen LogP contribution in [0.3, 0.4) is 0 Å². The number of anilines is 3. The highest BCUT2D eigenvalue weighted by atomic mass is 32.1. The normalized spacial score (nSPS) is 11.0. The standard InChI is InChI=1S/C26H23N5OS/c1-16-7-4-5-9-21(16)29-25(32)19-11-13-20(14-12-19)28-26-30-22(15-33-26)24-18(3)27-23-10-6-8-17(2)31(23)24/h4-15H,1-3H3,(H,28,30)(H,29,32). The molecule has 0 unspecified atom stereocenters.